The fraction of sp³-hybridized carbons (Fsp3) is 0.632. The van der Waals surface area contributed by atoms with Gasteiger partial charge in [-0.15, -0.1) is 0 Å². The van der Waals surface area contributed by atoms with Gasteiger partial charge in [-0.3, -0.25) is 4.79 Å². The number of halogens is 3. The second kappa shape index (κ2) is 11.0. The van der Waals surface area contributed by atoms with E-state index in [2.05, 4.69) is 0 Å². The molecule has 0 fully saturated rings. The van der Waals surface area contributed by atoms with Crippen LogP contribution in [0.1, 0.15) is 57.6 Å². The van der Waals surface area contributed by atoms with Crippen LogP contribution >= 0.6 is 0 Å². The van der Waals surface area contributed by atoms with Crippen LogP contribution in [-0.2, 0) is 16.0 Å². The van der Waals surface area contributed by atoms with Crippen molar-refractivity contribution < 1.29 is 32.7 Å². The Balaban J connectivity index is 2.72. The first-order chi connectivity index (χ1) is 13.0. The summed E-state index contributed by atoms with van der Waals surface area (Å²) in [4.78, 5) is 11.2. The van der Waals surface area contributed by atoms with Gasteiger partial charge in [0.1, 0.15) is 11.4 Å². The summed E-state index contributed by atoms with van der Waals surface area (Å²) < 4.78 is 49.1. The zero-order chi connectivity index (χ0) is 21.4. The number of hydrogen-bond acceptors (Lipinski definition) is 4. The van der Waals surface area contributed by atoms with Crippen molar-refractivity contribution in [2.45, 2.75) is 68.7 Å². The lowest BCUT2D eigenvalue weighted by Crippen LogP contribution is -2.37. The van der Waals surface area contributed by atoms with E-state index in [9.17, 15) is 32.7 Å². The molecule has 0 bridgehead atoms. The predicted molar refractivity (Wildman–Crippen MR) is 101 cm³/mol. The van der Waals surface area contributed by atoms with Crippen molar-refractivity contribution in [3.05, 3.63) is 29.8 Å². The third kappa shape index (κ3) is 7.98. The van der Waals surface area contributed by atoms with Crippen LogP contribution in [0.15, 0.2) is 29.2 Å². The fourth-order valence-electron chi connectivity index (χ4n) is 2.98. The molecule has 1 aromatic carbocycles. The summed E-state index contributed by atoms with van der Waals surface area (Å²) in [6, 6.07) is 6.31. The molecular weight excluding hydrogens is 395 g/mol. The summed E-state index contributed by atoms with van der Waals surface area (Å²) in [5.41, 5.74) is -0.633. The van der Waals surface area contributed by atoms with Gasteiger partial charge < -0.3 is 20.1 Å². The highest BCUT2D eigenvalue weighted by atomic mass is 32.2. The van der Waals surface area contributed by atoms with Gasteiger partial charge in [-0.05, 0) is 48.1 Å². The largest absolute Gasteiger partial charge is 0.611 e. The van der Waals surface area contributed by atoms with Gasteiger partial charge in [0.25, 0.3) is 0 Å². The van der Waals surface area contributed by atoms with E-state index >= 15 is 0 Å². The minimum absolute atomic E-state index is 0.0792. The van der Waals surface area contributed by atoms with Crippen molar-refractivity contribution in [1.29, 1.82) is 0 Å². The van der Waals surface area contributed by atoms with Gasteiger partial charge in [0.05, 0.1) is 6.10 Å². The van der Waals surface area contributed by atoms with E-state index in [0.717, 1.165) is 12.8 Å². The maximum Gasteiger partial charge on any atom is 0.471 e. The van der Waals surface area contributed by atoms with Crippen molar-refractivity contribution >= 4 is 17.1 Å². The molecule has 3 N–H and O–H groups in total. The molecule has 160 valence electrons. The van der Waals surface area contributed by atoms with Crippen LogP contribution in [-0.4, -0.2) is 44.7 Å². The Morgan fingerprint density at radius 2 is 1.86 bits per heavy atom. The number of rotatable bonds is 11. The minimum Gasteiger partial charge on any atom is -0.611 e. The van der Waals surface area contributed by atoms with Crippen LogP contribution < -0.4 is 5.32 Å². The SMILES string of the molecule is CCCC(O)(CCC)C[S+]([O-])c1cccc(C(O)CCNC(=O)C(F)(F)F)c1. The third-order valence-electron chi connectivity index (χ3n) is 4.30. The lowest BCUT2D eigenvalue weighted by molar-refractivity contribution is -0.173. The van der Waals surface area contributed by atoms with Crippen molar-refractivity contribution in [3.63, 3.8) is 0 Å². The maximum atomic E-state index is 12.7. The number of aliphatic hydroxyl groups is 2. The molecule has 0 heterocycles. The zero-order valence-corrected chi connectivity index (χ0v) is 16.9. The fourth-order valence-corrected chi connectivity index (χ4v) is 4.42. The van der Waals surface area contributed by atoms with Crippen LogP contribution in [0.2, 0.25) is 0 Å². The summed E-state index contributed by atoms with van der Waals surface area (Å²) in [5.74, 6) is -1.98. The molecule has 0 saturated carbocycles. The van der Waals surface area contributed by atoms with Crippen LogP contribution in [0.5, 0.6) is 0 Å². The molecule has 0 saturated heterocycles. The Labute approximate surface area is 166 Å². The highest BCUT2D eigenvalue weighted by Gasteiger charge is 2.38. The van der Waals surface area contributed by atoms with Crippen LogP contribution in [0, 0.1) is 0 Å². The maximum absolute atomic E-state index is 12.7. The molecule has 0 radical (unpaired) electrons. The number of benzene rings is 1. The molecule has 2 unspecified atom stereocenters. The molecule has 1 rings (SSSR count). The van der Waals surface area contributed by atoms with Crippen molar-refractivity contribution in [1.82, 2.24) is 5.32 Å². The van der Waals surface area contributed by atoms with Gasteiger partial charge in [-0.25, -0.2) is 0 Å². The molecule has 0 aliphatic rings. The Morgan fingerprint density at radius 1 is 1.25 bits per heavy atom. The van der Waals surface area contributed by atoms with Crippen molar-refractivity contribution in [3.8, 4) is 0 Å². The highest BCUT2D eigenvalue weighted by molar-refractivity contribution is 7.91. The average molecular weight is 423 g/mol. The zero-order valence-electron chi connectivity index (χ0n) is 16.1. The van der Waals surface area contributed by atoms with E-state index in [-0.39, 0.29) is 18.7 Å². The van der Waals surface area contributed by atoms with Crippen molar-refractivity contribution in [2.75, 3.05) is 12.3 Å². The van der Waals surface area contributed by atoms with Gasteiger partial charge >= 0.3 is 12.1 Å². The molecule has 0 aliphatic carbocycles. The number of amides is 1. The molecule has 28 heavy (non-hydrogen) atoms. The molecule has 0 spiro atoms. The molecule has 1 amide bonds. The summed E-state index contributed by atoms with van der Waals surface area (Å²) >= 11 is -1.49. The summed E-state index contributed by atoms with van der Waals surface area (Å²) in [7, 11) is 0. The van der Waals surface area contributed by atoms with Gasteiger partial charge in [-0.2, -0.15) is 13.2 Å². The predicted octanol–water partition coefficient (Wildman–Crippen LogP) is 3.23. The molecule has 0 aliphatic heterocycles. The summed E-state index contributed by atoms with van der Waals surface area (Å²) in [5, 5.41) is 22.5. The van der Waals surface area contributed by atoms with E-state index < -0.39 is 35.0 Å². The van der Waals surface area contributed by atoms with E-state index in [1.807, 2.05) is 13.8 Å². The van der Waals surface area contributed by atoms with Crippen LogP contribution in [0.25, 0.3) is 0 Å². The molecule has 5 nitrogen and oxygen atoms in total. The Kier molecular flexibility index (Phi) is 9.76. The summed E-state index contributed by atoms with van der Waals surface area (Å²) in [6.45, 7) is 3.54. The van der Waals surface area contributed by atoms with Crippen LogP contribution in [0.4, 0.5) is 13.2 Å². The number of aliphatic hydroxyl groups excluding tert-OH is 1. The molecule has 2 atom stereocenters. The Bertz CT molecular complexity index is 621. The molecule has 1 aromatic rings. The second-order valence-electron chi connectivity index (χ2n) is 6.84. The van der Waals surface area contributed by atoms with E-state index in [1.54, 1.807) is 23.5 Å². The monoisotopic (exact) mass is 423 g/mol. The standard InChI is InChI=1S/C19H28F3NO4S/c1-3-9-18(26,10-4-2)13-28(27)15-7-5-6-14(12-15)16(24)8-11-23-17(25)19(20,21)22/h5-7,12,16,24,26H,3-4,8-11,13H2,1-2H3,(H,23,25). The first-order valence-electron chi connectivity index (χ1n) is 9.26. The van der Waals surface area contributed by atoms with E-state index in [0.29, 0.717) is 23.3 Å². The lowest BCUT2D eigenvalue weighted by atomic mass is 9.95. The smallest absolute Gasteiger partial charge is 0.471 e. The number of carbonyl (C=O) groups is 1. The van der Waals surface area contributed by atoms with E-state index in [4.69, 9.17) is 0 Å². The van der Waals surface area contributed by atoms with Gasteiger partial charge in [0.2, 0.25) is 0 Å². The molecule has 9 heteroatoms. The Morgan fingerprint density at radius 3 is 2.39 bits per heavy atom. The van der Waals surface area contributed by atoms with Gasteiger partial charge in [0.15, 0.2) is 4.90 Å². The number of nitrogens with one attached hydrogen (secondary N) is 1. The summed E-state index contributed by atoms with van der Waals surface area (Å²) in [6.07, 6.45) is -3.60. The number of hydrogen-bond donors (Lipinski definition) is 3. The third-order valence-corrected chi connectivity index (χ3v) is 5.88. The second-order valence-corrected chi connectivity index (χ2v) is 8.30. The van der Waals surface area contributed by atoms with E-state index in [1.165, 1.54) is 6.07 Å². The number of carbonyl (C=O) groups excluding carboxylic acids is 1. The minimum atomic E-state index is -4.96. The quantitative estimate of drug-likeness (QED) is 0.477. The first-order valence-corrected chi connectivity index (χ1v) is 10.6. The lowest BCUT2D eigenvalue weighted by Gasteiger charge is -2.28. The van der Waals surface area contributed by atoms with Crippen LogP contribution in [0.3, 0.4) is 0 Å². The molecule has 0 aromatic heterocycles. The van der Waals surface area contributed by atoms with Crippen molar-refractivity contribution in [2.24, 2.45) is 0 Å². The topological polar surface area (TPSA) is 92.6 Å². The van der Waals surface area contributed by atoms with Gasteiger partial charge in [-0.1, -0.05) is 38.8 Å². The average Bonchev–Trinajstić information content (AvgIpc) is 2.61. The molecular formula is C19H28F3NO4S. The Hall–Kier alpha value is -1.29. The van der Waals surface area contributed by atoms with Gasteiger partial charge in [0, 0.05) is 6.54 Å². The number of alkyl halides is 3. The highest BCUT2D eigenvalue weighted by Crippen LogP contribution is 2.27. The normalized spacial score (nSPS) is 14.6. The first kappa shape index (κ1) is 24.7.